The van der Waals surface area contributed by atoms with E-state index in [0.29, 0.717) is 5.71 Å². The van der Waals surface area contributed by atoms with Gasteiger partial charge in [0, 0.05) is 11.9 Å². The Bertz CT molecular complexity index is 268. The fourth-order valence-corrected chi connectivity index (χ4v) is 0.701. The summed E-state index contributed by atoms with van der Waals surface area (Å²) in [5.74, 6) is 0. The lowest BCUT2D eigenvalue weighted by Gasteiger charge is -1.88. The molecule has 0 heterocycles. The van der Waals surface area contributed by atoms with Crippen LogP contribution in [0.4, 0.5) is 0 Å². The predicted molar refractivity (Wildman–Crippen MR) is 59.6 cm³/mol. The number of nitrogens with one attached hydrogen (secondary N) is 1. The molecule has 0 spiro atoms. The molecular formula is C11H16N2. The van der Waals surface area contributed by atoms with Crippen molar-refractivity contribution in [2.24, 2.45) is 4.99 Å². The van der Waals surface area contributed by atoms with E-state index in [1.807, 2.05) is 32.1 Å². The summed E-state index contributed by atoms with van der Waals surface area (Å²) in [6.45, 7) is 5.63. The van der Waals surface area contributed by atoms with E-state index in [-0.39, 0.29) is 0 Å². The molecule has 0 amide bonds. The maximum atomic E-state index is 7.13. The largest absolute Gasteiger partial charge is 0.306 e. The minimum atomic E-state index is 0.527. The summed E-state index contributed by atoms with van der Waals surface area (Å²) in [5.41, 5.74) is 1.45. The maximum Gasteiger partial charge on any atom is 0.0583 e. The Kier molecular flexibility index (Phi) is 6.42. The monoisotopic (exact) mass is 176 g/mol. The van der Waals surface area contributed by atoms with Gasteiger partial charge in [0.2, 0.25) is 0 Å². The molecule has 1 N–H and O–H groups in total. The number of aliphatic imine (C=N–C) groups is 1. The molecule has 0 saturated carbocycles. The third-order valence-corrected chi connectivity index (χ3v) is 1.29. The standard InChI is InChI=1S/C11H16N2/c1-4-7-11(5-2)13-9-6-8-10(3)12/h4-9,12H,1-3H3/b7-4-,8-6-,11-5+,12-10?,13-9-. The molecular weight excluding hydrogens is 160 g/mol. The SMILES string of the molecule is C\C=C/C(=C\C)/N=C\C=C/C(C)=N. The molecule has 0 saturated heterocycles. The minimum Gasteiger partial charge on any atom is -0.306 e. The van der Waals surface area contributed by atoms with Crippen LogP contribution in [-0.2, 0) is 0 Å². The van der Waals surface area contributed by atoms with Gasteiger partial charge in [-0.25, -0.2) is 0 Å². The molecule has 0 aromatic rings. The molecule has 0 rings (SSSR count). The van der Waals surface area contributed by atoms with Gasteiger partial charge in [0.15, 0.2) is 0 Å². The molecule has 0 aromatic heterocycles. The lowest BCUT2D eigenvalue weighted by molar-refractivity contribution is 1.39. The fourth-order valence-electron chi connectivity index (χ4n) is 0.701. The summed E-state index contributed by atoms with van der Waals surface area (Å²) in [7, 11) is 0. The van der Waals surface area contributed by atoms with E-state index in [9.17, 15) is 0 Å². The van der Waals surface area contributed by atoms with Gasteiger partial charge in [-0.1, -0.05) is 12.2 Å². The van der Waals surface area contributed by atoms with Crippen molar-refractivity contribution in [1.29, 1.82) is 5.41 Å². The maximum absolute atomic E-state index is 7.13. The second kappa shape index (κ2) is 7.22. The van der Waals surface area contributed by atoms with Crippen LogP contribution in [-0.4, -0.2) is 11.9 Å². The second-order valence-corrected chi connectivity index (χ2v) is 2.53. The summed E-state index contributed by atoms with van der Waals surface area (Å²) in [6, 6.07) is 0. The Labute approximate surface area is 79.9 Å². The van der Waals surface area contributed by atoms with Crippen LogP contribution in [0.1, 0.15) is 20.8 Å². The topological polar surface area (TPSA) is 36.2 Å². The average Bonchev–Trinajstić information content (AvgIpc) is 2.10. The Morgan fingerprint density at radius 2 is 1.92 bits per heavy atom. The third-order valence-electron chi connectivity index (χ3n) is 1.29. The lowest BCUT2D eigenvalue weighted by atomic mass is 10.3. The van der Waals surface area contributed by atoms with Gasteiger partial charge in [0.25, 0.3) is 0 Å². The number of allylic oxidation sites excluding steroid dienone is 5. The summed E-state index contributed by atoms with van der Waals surface area (Å²) in [6.07, 6.45) is 11.0. The first-order valence-electron chi connectivity index (χ1n) is 4.25. The molecule has 2 nitrogen and oxygen atoms in total. The van der Waals surface area contributed by atoms with Crippen molar-refractivity contribution < 1.29 is 0 Å². The Hall–Kier alpha value is -1.44. The third kappa shape index (κ3) is 6.94. The average molecular weight is 176 g/mol. The normalized spacial score (nSPS) is 13.6. The zero-order chi connectivity index (χ0) is 10.1. The highest BCUT2D eigenvalue weighted by Gasteiger charge is 1.80. The second-order valence-electron chi connectivity index (χ2n) is 2.53. The van der Waals surface area contributed by atoms with Gasteiger partial charge in [-0.15, -0.1) is 0 Å². The van der Waals surface area contributed by atoms with Crippen LogP contribution in [0.25, 0.3) is 0 Å². The minimum absolute atomic E-state index is 0.527. The van der Waals surface area contributed by atoms with Crippen molar-refractivity contribution in [3.63, 3.8) is 0 Å². The van der Waals surface area contributed by atoms with E-state index in [1.165, 1.54) is 0 Å². The van der Waals surface area contributed by atoms with Crippen LogP contribution in [0.15, 0.2) is 41.1 Å². The van der Waals surface area contributed by atoms with E-state index < -0.39 is 0 Å². The van der Waals surface area contributed by atoms with Crippen LogP contribution in [0.5, 0.6) is 0 Å². The first-order valence-corrected chi connectivity index (χ1v) is 4.25. The van der Waals surface area contributed by atoms with Gasteiger partial charge in [-0.05, 0) is 39.0 Å². The Morgan fingerprint density at radius 3 is 2.38 bits per heavy atom. The highest BCUT2D eigenvalue weighted by molar-refractivity contribution is 5.93. The zero-order valence-corrected chi connectivity index (χ0v) is 8.41. The summed E-state index contributed by atoms with van der Waals surface area (Å²) >= 11 is 0. The van der Waals surface area contributed by atoms with E-state index in [0.717, 1.165) is 5.70 Å². The van der Waals surface area contributed by atoms with Gasteiger partial charge in [0.1, 0.15) is 0 Å². The van der Waals surface area contributed by atoms with Crippen molar-refractivity contribution in [2.45, 2.75) is 20.8 Å². The summed E-state index contributed by atoms with van der Waals surface area (Å²) in [5, 5.41) is 7.13. The molecule has 70 valence electrons. The van der Waals surface area contributed by atoms with Crippen LogP contribution in [0, 0.1) is 5.41 Å². The molecule has 0 bridgehead atoms. The van der Waals surface area contributed by atoms with Gasteiger partial charge in [-0.3, -0.25) is 4.99 Å². The van der Waals surface area contributed by atoms with E-state index in [2.05, 4.69) is 4.99 Å². The fraction of sp³-hybridized carbons (Fsp3) is 0.273. The molecule has 0 fully saturated rings. The van der Waals surface area contributed by atoms with Crippen LogP contribution in [0.2, 0.25) is 0 Å². The van der Waals surface area contributed by atoms with Crippen LogP contribution >= 0.6 is 0 Å². The molecule has 2 heteroatoms. The summed E-state index contributed by atoms with van der Waals surface area (Å²) in [4.78, 5) is 4.17. The molecule has 0 aliphatic rings. The van der Waals surface area contributed by atoms with Gasteiger partial charge in [-0.2, -0.15) is 0 Å². The Morgan fingerprint density at radius 1 is 1.23 bits per heavy atom. The van der Waals surface area contributed by atoms with Gasteiger partial charge < -0.3 is 5.41 Å². The molecule has 0 atom stereocenters. The highest BCUT2D eigenvalue weighted by atomic mass is 14.7. The van der Waals surface area contributed by atoms with Crippen molar-refractivity contribution in [2.75, 3.05) is 0 Å². The smallest absolute Gasteiger partial charge is 0.0583 e. The number of hydrogen-bond acceptors (Lipinski definition) is 2. The van der Waals surface area contributed by atoms with Crippen molar-refractivity contribution in [1.82, 2.24) is 0 Å². The molecule has 13 heavy (non-hydrogen) atoms. The molecule has 0 aromatic carbocycles. The van der Waals surface area contributed by atoms with Gasteiger partial charge in [0.05, 0.1) is 5.70 Å². The summed E-state index contributed by atoms with van der Waals surface area (Å²) < 4.78 is 0. The first-order chi connectivity index (χ1) is 6.20. The lowest BCUT2D eigenvalue weighted by Crippen LogP contribution is -1.78. The number of hydrogen-bond donors (Lipinski definition) is 1. The molecule has 0 aliphatic heterocycles. The molecule has 0 unspecified atom stereocenters. The van der Waals surface area contributed by atoms with E-state index in [1.54, 1.807) is 25.3 Å². The van der Waals surface area contributed by atoms with Crippen molar-refractivity contribution in [3.8, 4) is 0 Å². The molecule has 0 radical (unpaired) electrons. The number of nitrogens with zero attached hydrogens (tertiary/aromatic N) is 1. The van der Waals surface area contributed by atoms with Crippen molar-refractivity contribution >= 4 is 11.9 Å². The van der Waals surface area contributed by atoms with E-state index >= 15 is 0 Å². The highest BCUT2D eigenvalue weighted by Crippen LogP contribution is 1.96. The van der Waals surface area contributed by atoms with Gasteiger partial charge >= 0.3 is 0 Å². The Balaban J connectivity index is 4.17. The van der Waals surface area contributed by atoms with Crippen LogP contribution in [0.3, 0.4) is 0 Å². The van der Waals surface area contributed by atoms with Crippen LogP contribution < -0.4 is 0 Å². The van der Waals surface area contributed by atoms with E-state index in [4.69, 9.17) is 5.41 Å². The zero-order valence-electron chi connectivity index (χ0n) is 8.41. The number of rotatable bonds is 4. The first kappa shape index (κ1) is 11.6. The molecule has 0 aliphatic carbocycles. The predicted octanol–water partition coefficient (Wildman–Crippen LogP) is 3.13. The quantitative estimate of drug-likeness (QED) is 0.504. The van der Waals surface area contributed by atoms with Crippen molar-refractivity contribution in [3.05, 3.63) is 36.1 Å².